The highest BCUT2D eigenvalue weighted by Gasteiger charge is 2.21. The van der Waals surface area contributed by atoms with Crippen molar-refractivity contribution in [1.29, 1.82) is 0 Å². The van der Waals surface area contributed by atoms with Crippen LogP contribution in [0.3, 0.4) is 0 Å². The number of sulfonamides is 1. The largest absolute Gasteiger partial charge is 0.398 e. The van der Waals surface area contributed by atoms with Crippen LogP contribution in [0.5, 0.6) is 0 Å². The van der Waals surface area contributed by atoms with Gasteiger partial charge in [-0.3, -0.25) is 0 Å². The summed E-state index contributed by atoms with van der Waals surface area (Å²) in [4.78, 5) is 0.184. The van der Waals surface area contributed by atoms with E-state index in [9.17, 15) is 8.42 Å². The molecular formula is C13H17BrN2O2S. The topological polar surface area (TPSA) is 72.2 Å². The SMILES string of the molecule is C#CCC(CC)NS(=O)(=O)c1cc(N)c(Br)cc1C. The molecule has 1 atom stereocenters. The summed E-state index contributed by atoms with van der Waals surface area (Å²) in [5.41, 5.74) is 6.75. The van der Waals surface area contributed by atoms with Crippen LogP contribution in [0, 0.1) is 19.3 Å². The van der Waals surface area contributed by atoms with Gasteiger partial charge in [-0.2, -0.15) is 0 Å². The number of anilines is 1. The van der Waals surface area contributed by atoms with E-state index >= 15 is 0 Å². The van der Waals surface area contributed by atoms with Crippen LogP contribution in [-0.2, 0) is 10.0 Å². The van der Waals surface area contributed by atoms with Crippen LogP contribution in [0.1, 0.15) is 25.3 Å². The number of hydrogen-bond donors (Lipinski definition) is 2. The van der Waals surface area contributed by atoms with Crippen molar-refractivity contribution in [2.45, 2.75) is 37.6 Å². The molecule has 6 heteroatoms. The number of nitrogens with one attached hydrogen (secondary N) is 1. The van der Waals surface area contributed by atoms with Crippen molar-refractivity contribution < 1.29 is 8.42 Å². The highest BCUT2D eigenvalue weighted by molar-refractivity contribution is 9.10. The smallest absolute Gasteiger partial charge is 0.241 e. The predicted molar refractivity (Wildman–Crippen MR) is 81.1 cm³/mol. The average molecular weight is 345 g/mol. The minimum absolute atomic E-state index is 0.184. The van der Waals surface area contributed by atoms with Gasteiger partial charge in [0.15, 0.2) is 0 Å². The molecule has 0 heterocycles. The second kappa shape index (κ2) is 6.42. The summed E-state index contributed by atoms with van der Waals surface area (Å²) in [5.74, 6) is 2.47. The van der Waals surface area contributed by atoms with Gasteiger partial charge < -0.3 is 5.73 Å². The second-order valence-corrected chi connectivity index (χ2v) is 6.81. The Hall–Kier alpha value is -1.03. The third kappa shape index (κ3) is 3.96. The van der Waals surface area contributed by atoms with Crippen LogP contribution in [0.25, 0.3) is 0 Å². The van der Waals surface area contributed by atoms with Crippen LogP contribution in [0.4, 0.5) is 5.69 Å². The molecule has 0 saturated heterocycles. The fraction of sp³-hybridized carbons (Fsp3) is 0.385. The second-order valence-electron chi connectivity index (χ2n) is 4.27. The molecular weight excluding hydrogens is 328 g/mol. The van der Waals surface area contributed by atoms with Gasteiger partial charge in [0, 0.05) is 22.6 Å². The van der Waals surface area contributed by atoms with E-state index in [0.717, 1.165) is 0 Å². The molecule has 1 aromatic rings. The van der Waals surface area contributed by atoms with E-state index in [2.05, 4.69) is 26.6 Å². The summed E-state index contributed by atoms with van der Waals surface area (Å²) in [6, 6.07) is 2.87. The summed E-state index contributed by atoms with van der Waals surface area (Å²) < 4.78 is 27.9. The van der Waals surface area contributed by atoms with Crippen molar-refractivity contribution in [2.75, 3.05) is 5.73 Å². The number of hydrogen-bond acceptors (Lipinski definition) is 3. The molecule has 1 rings (SSSR count). The molecule has 0 fully saturated rings. The number of nitrogens with two attached hydrogens (primary N) is 1. The Kier molecular flexibility index (Phi) is 5.41. The van der Waals surface area contributed by atoms with Crippen molar-refractivity contribution in [3.05, 3.63) is 22.2 Å². The van der Waals surface area contributed by atoms with Gasteiger partial charge in [0.1, 0.15) is 0 Å². The number of benzene rings is 1. The standard InChI is InChI=1S/C13H17BrN2O2S/c1-4-6-10(5-2)16-19(17,18)13-8-12(15)11(14)7-9(13)3/h1,7-8,10,16H,5-6,15H2,2-3H3. The summed E-state index contributed by atoms with van der Waals surface area (Å²) >= 11 is 3.27. The average Bonchev–Trinajstić information content (AvgIpc) is 2.32. The Balaban J connectivity index is 3.14. The monoisotopic (exact) mass is 344 g/mol. The molecule has 0 radical (unpaired) electrons. The number of terminal acetylenes is 1. The summed E-state index contributed by atoms with van der Waals surface area (Å²) in [6.45, 7) is 3.61. The molecule has 104 valence electrons. The van der Waals surface area contributed by atoms with Crippen molar-refractivity contribution in [2.24, 2.45) is 0 Å². The Morgan fingerprint density at radius 3 is 2.68 bits per heavy atom. The third-order valence-corrected chi connectivity index (χ3v) is 5.11. The Morgan fingerprint density at radius 1 is 1.53 bits per heavy atom. The van der Waals surface area contributed by atoms with E-state index in [4.69, 9.17) is 12.2 Å². The maximum absolute atomic E-state index is 12.3. The Morgan fingerprint density at radius 2 is 2.16 bits per heavy atom. The molecule has 0 aliphatic heterocycles. The van der Waals surface area contributed by atoms with Crippen molar-refractivity contribution in [1.82, 2.24) is 4.72 Å². The lowest BCUT2D eigenvalue weighted by atomic mass is 10.2. The van der Waals surface area contributed by atoms with Crippen molar-refractivity contribution in [3.8, 4) is 12.3 Å². The van der Waals surface area contributed by atoms with E-state index in [0.29, 0.717) is 28.6 Å². The fourth-order valence-corrected chi connectivity index (χ4v) is 3.69. The van der Waals surface area contributed by atoms with E-state index in [-0.39, 0.29) is 10.9 Å². The van der Waals surface area contributed by atoms with Gasteiger partial charge in [0.05, 0.1) is 4.90 Å². The van der Waals surface area contributed by atoms with Gasteiger partial charge in [-0.15, -0.1) is 12.3 Å². The van der Waals surface area contributed by atoms with Crippen LogP contribution in [-0.4, -0.2) is 14.5 Å². The molecule has 0 saturated carbocycles. The minimum Gasteiger partial charge on any atom is -0.398 e. The third-order valence-electron chi connectivity index (χ3n) is 2.76. The zero-order chi connectivity index (χ0) is 14.6. The molecule has 0 amide bonds. The predicted octanol–water partition coefficient (Wildman–Crippen LogP) is 2.42. The molecule has 0 bridgehead atoms. The first-order valence-electron chi connectivity index (χ1n) is 5.83. The summed E-state index contributed by atoms with van der Waals surface area (Å²) in [7, 11) is -3.61. The molecule has 4 nitrogen and oxygen atoms in total. The van der Waals surface area contributed by atoms with E-state index in [1.54, 1.807) is 13.0 Å². The molecule has 0 aliphatic carbocycles. The van der Waals surface area contributed by atoms with E-state index in [1.807, 2.05) is 6.92 Å². The highest BCUT2D eigenvalue weighted by Crippen LogP contribution is 2.26. The molecule has 3 N–H and O–H groups in total. The van der Waals surface area contributed by atoms with Gasteiger partial charge in [-0.05, 0) is 47.0 Å². The lowest BCUT2D eigenvalue weighted by Gasteiger charge is -2.16. The zero-order valence-electron chi connectivity index (χ0n) is 10.9. The summed E-state index contributed by atoms with van der Waals surface area (Å²) in [6.07, 6.45) is 6.22. The Bertz CT molecular complexity index is 606. The van der Waals surface area contributed by atoms with Crippen LogP contribution in [0.15, 0.2) is 21.5 Å². The number of aryl methyl sites for hydroxylation is 1. The van der Waals surface area contributed by atoms with E-state index in [1.165, 1.54) is 6.07 Å². The van der Waals surface area contributed by atoms with Gasteiger partial charge in [-0.25, -0.2) is 13.1 Å². The zero-order valence-corrected chi connectivity index (χ0v) is 13.3. The number of rotatable bonds is 5. The molecule has 1 aromatic carbocycles. The van der Waals surface area contributed by atoms with Gasteiger partial charge in [0.25, 0.3) is 0 Å². The normalized spacial score (nSPS) is 12.9. The molecule has 19 heavy (non-hydrogen) atoms. The van der Waals surface area contributed by atoms with Gasteiger partial charge >= 0.3 is 0 Å². The Labute approximate surface area is 123 Å². The maximum Gasteiger partial charge on any atom is 0.241 e. The molecule has 1 unspecified atom stereocenters. The first-order valence-corrected chi connectivity index (χ1v) is 8.10. The number of nitrogen functional groups attached to an aromatic ring is 1. The minimum atomic E-state index is -3.61. The van der Waals surface area contributed by atoms with E-state index < -0.39 is 10.0 Å². The highest BCUT2D eigenvalue weighted by atomic mass is 79.9. The lowest BCUT2D eigenvalue weighted by molar-refractivity contribution is 0.543. The van der Waals surface area contributed by atoms with Crippen molar-refractivity contribution in [3.63, 3.8) is 0 Å². The van der Waals surface area contributed by atoms with Gasteiger partial charge in [-0.1, -0.05) is 6.92 Å². The maximum atomic E-state index is 12.3. The number of halogens is 1. The lowest BCUT2D eigenvalue weighted by Crippen LogP contribution is -2.34. The molecule has 0 aliphatic rings. The van der Waals surface area contributed by atoms with Crippen molar-refractivity contribution >= 4 is 31.6 Å². The molecule has 0 spiro atoms. The van der Waals surface area contributed by atoms with Crippen LogP contribution in [0.2, 0.25) is 0 Å². The fourth-order valence-electron chi connectivity index (χ4n) is 1.65. The first-order chi connectivity index (χ1) is 8.81. The van der Waals surface area contributed by atoms with Gasteiger partial charge in [0.2, 0.25) is 10.0 Å². The van der Waals surface area contributed by atoms with Crippen LogP contribution >= 0.6 is 15.9 Å². The first kappa shape index (κ1) is 16.0. The van der Waals surface area contributed by atoms with Crippen LogP contribution < -0.4 is 10.5 Å². The molecule has 0 aromatic heterocycles. The summed E-state index contributed by atoms with van der Waals surface area (Å²) in [5, 5.41) is 0. The quantitative estimate of drug-likeness (QED) is 0.636.